The van der Waals surface area contributed by atoms with Gasteiger partial charge in [-0.25, -0.2) is 4.68 Å². The fourth-order valence-corrected chi connectivity index (χ4v) is 0.506. The molecule has 0 saturated heterocycles. The minimum absolute atomic E-state index is 0.458. The van der Waals surface area contributed by atoms with Gasteiger partial charge in [0.25, 0.3) is 0 Å². The van der Waals surface area contributed by atoms with Gasteiger partial charge >= 0.3 is 0 Å². The second-order valence-electron chi connectivity index (χ2n) is 1.60. The van der Waals surface area contributed by atoms with Gasteiger partial charge in [0.05, 0.1) is 0 Å². The summed E-state index contributed by atoms with van der Waals surface area (Å²) in [6.07, 6.45) is 3.32. The second kappa shape index (κ2) is 2.30. The van der Waals surface area contributed by atoms with Crippen molar-refractivity contribution in [1.29, 1.82) is 0 Å². The lowest BCUT2D eigenvalue weighted by atomic mass is 10.7. The van der Waals surface area contributed by atoms with Crippen molar-refractivity contribution in [2.24, 2.45) is 5.16 Å². The summed E-state index contributed by atoms with van der Waals surface area (Å²) in [6, 6.07) is 1.76. The first-order valence-electron chi connectivity index (χ1n) is 2.53. The molecule has 1 N–H and O–H groups in total. The third-order valence-corrected chi connectivity index (χ3v) is 0.981. The molecule has 4 nitrogen and oxygen atoms in total. The molecule has 0 aliphatic carbocycles. The van der Waals surface area contributed by atoms with Crippen LogP contribution in [0.4, 0.5) is 0 Å². The van der Waals surface area contributed by atoms with Crippen molar-refractivity contribution in [1.82, 2.24) is 9.78 Å². The summed E-state index contributed by atoms with van der Waals surface area (Å²) in [5.74, 6) is 0.458. The van der Waals surface area contributed by atoms with E-state index in [0.29, 0.717) is 5.84 Å². The highest BCUT2D eigenvalue weighted by molar-refractivity contribution is 5.80. The van der Waals surface area contributed by atoms with Crippen molar-refractivity contribution in [3.63, 3.8) is 0 Å². The average Bonchev–Trinajstić information content (AvgIpc) is 2.37. The summed E-state index contributed by atoms with van der Waals surface area (Å²) < 4.78 is 1.47. The first-order valence-corrected chi connectivity index (χ1v) is 2.53. The molecule has 4 heteroatoms. The number of hydrogen-bond acceptors (Lipinski definition) is 3. The minimum atomic E-state index is 0.458. The van der Waals surface area contributed by atoms with E-state index in [-0.39, 0.29) is 0 Å². The quantitative estimate of drug-likeness (QED) is 0.238. The van der Waals surface area contributed by atoms with Crippen LogP contribution in [0, 0.1) is 0 Å². The molecular weight excluding hydrogens is 118 g/mol. The predicted molar refractivity (Wildman–Crippen MR) is 32.5 cm³/mol. The van der Waals surface area contributed by atoms with Gasteiger partial charge in [-0.1, -0.05) is 5.16 Å². The van der Waals surface area contributed by atoms with E-state index in [1.807, 2.05) is 0 Å². The van der Waals surface area contributed by atoms with Crippen molar-refractivity contribution >= 4 is 5.84 Å². The highest BCUT2D eigenvalue weighted by atomic mass is 16.4. The van der Waals surface area contributed by atoms with Crippen LogP contribution in [0.25, 0.3) is 0 Å². The largest absolute Gasteiger partial charge is 0.409 e. The number of nitrogens with zero attached hydrogens (tertiary/aromatic N) is 3. The van der Waals surface area contributed by atoms with E-state index in [9.17, 15) is 0 Å². The number of oxime groups is 1. The van der Waals surface area contributed by atoms with Crippen LogP contribution < -0.4 is 0 Å². The van der Waals surface area contributed by atoms with Gasteiger partial charge in [-0.15, -0.1) is 0 Å². The van der Waals surface area contributed by atoms with Crippen LogP contribution in [0.15, 0.2) is 23.6 Å². The van der Waals surface area contributed by atoms with Crippen LogP contribution in [-0.4, -0.2) is 20.8 Å². The Balaban J connectivity index is 2.90. The third-order valence-electron chi connectivity index (χ3n) is 0.981. The molecule has 0 atom stereocenters. The van der Waals surface area contributed by atoms with Gasteiger partial charge in [0.2, 0.25) is 0 Å². The van der Waals surface area contributed by atoms with Gasteiger partial charge < -0.3 is 5.21 Å². The van der Waals surface area contributed by atoms with Crippen LogP contribution in [0.2, 0.25) is 0 Å². The molecule has 1 heterocycles. The number of aromatic nitrogens is 2. The van der Waals surface area contributed by atoms with E-state index in [4.69, 9.17) is 5.21 Å². The lowest BCUT2D eigenvalue weighted by molar-refractivity contribution is 0.316. The molecule has 0 aromatic carbocycles. The molecule has 0 bridgehead atoms. The van der Waals surface area contributed by atoms with E-state index in [0.717, 1.165) is 0 Å². The molecule has 48 valence electrons. The smallest absolute Gasteiger partial charge is 0.165 e. The van der Waals surface area contributed by atoms with Crippen LogP contribution in [0.1, 0.15) is 6.92 Å². The monoisotopic (exact) mass is 125 g/mol. The summed E-state index contributed by atoms with van der Waals surface area (Å²) in [5.41, 5.74) is 0. The Kier molecular flexibility index (Phi) is 1.48. The van der Waals surface area contributed by atoms with Crippen LogP contribution in [0.3, 0.4) is 0 Å². The first kappa shape index (κ1) is 5.81. The molecule has 1 aromatic rings. The molecule has 0 amide bonds. The fraction of sp³-hybridized carbons (Fsp3) is 0.200. The molecule has 9 heavy (non-hydrogen) atoms. The average molecular weight is 125 g/mol. The van der Waals surface area contributed by atoms with Gasteiger partial charge in [-0.2, -0.15) is 5.10 Å². The number of hydrogen-bond donors (Lipinski definition) is 1. The second-order valence-corrected chi connectivity index (χ2v) is 1.60. The molecule has 0 radical (unpaired) electrons. The maximum Gasteiger partial charge on any atom is 0.165 e. The lowest BCUT2D eigenvalue weighted by Gasteiger charge is -1.92. The van der Waals surface area contributed by atoms with E-state index in [2.05, 4.69) is 10.3 Å². The maximum absolute atomic E-state index is 8.23. The summed E-state index contributed by atoms with van der Waals surface area (Å²) in [6.45, 7) is 1.66. The Bertz CT molecular complexity index is 202. The molecule has 0 aliphatic rings. The van der Waals surface area contributed by atoms with Crippen molar-refractivity contribution < 1.29 is 5.21 Å². The highest BCUT2D eigenvalue weighted by Gasteiger charge is 1.90. The maximum atomic E-state index is 8.23. The summed E-state index contributed by atoms with van der Waals surface area (Å²) >= 11 is 0. The van der Waals surface area contributed by atoms with Gasteiger partial charge in [-0.05, 0) is 13.0 Å². The zero-order valence-electron chi connectivity index (χ0n) is 5.02. The molecule has 1 rings (SSSR count). The molecular formula is C5H7N3O. The number of rotatable bonds is 0. The normalized spacial score (nSPS) is 11.9. The minimum Gasteiger partial charge on any atom is -0.409 e. The standard InChI is InChI=1S/C5H7N3O/c1-5(7-9)8-4-2-3-6-8/h2-4,9H,1H3/b7-5+. The van der Waals surface area contributed by atoms with Crippen molar-refractivity contribution in [3.8, 4) is 0 Å². The van der Waals surface area contributed by atoms with E-state index in [1.165, 1.54) is 4.68 Å². The van der Waals surface area contributed by atoms with Gasteiger partial charge in [0.1, 0.15) is 0 Å². The first-order chi connectivity index (χ1) is 4.34. The fourth-order valence-electron chi connectivity index (χ4n) is 0.506. The summed E-state index contributed by atoms with van der Waals surface area (Å²) in [5, 5.41) is 15.0. The Morgan fingerprint density at radius 2 is 2.56 bits per heavy atom. The Morgan fingerprint density at radius 1 is 1.78 bits per heavy atom. The van der Waals surface area contributed by atoms with E-state index >= 15 is 0 Å². The van der Waals surface area contributed by atoms with Crippen molar-refractivity contribution in [2.45, 2.75) is 6.92 Å². The highest BCUT2D eigenvalue weighted by Crippen LogP contribution is 1.83. The van der Waals surface area contributed by atoms with Crippen molar-refractivity contribution in [2.75, 3.05) is 0 Å². The molecule has 0 unspecified atom stereocenters. The van der Waals surface area contributed by atoms with Crippen LogP contribution in [-0.2, 0) is 0 Å². The zero-order valence-corrected chi connectivity index (χ0v) is 5.02. The topological polar surface area (TPSA) is 50.4 Å². The SMILES string of the molecule is C/C(=N\O)n1cccn1. The third kappa shape index (κ3) is 1.07. The van der Waals surface area contributed by atoms with Crippen molar-refractivity contribution in [3.05, 3.63) is 18.5 Å². The predicted octanol–water partition coefficient (Wildman–Crippen LogP) is 0.539. The Labute approximate surface area is 52.4 Å². The molecule has 0 fully saturated rings. The van der Waals surface area contributed by atoms with Gasteiger partial charge in [0, 0.05) is 12.4 Å². The van der Waals surface area contributed by atoms with Gasteiger partial charge in [0.15, 0.2) is 5.84 Å². The molecule has 0 spiro atoms. The molecule has 1 aromatic heterocycles. The zero-order chi connectivity index (χ0) is 6.69. The Morgan fingerprint density at radius 3 is 3.00 bits per heavy atom. The van der Waals surface area contributed by atoms with Gasteiger partial charge in [-0.3, -0.25) is 0 Å². The molecule has 0 saturated carbocycles. The summed E-state index contributed by atoms with van der Waals surface area (Å²) in [4.78, 5) is 0. The van der Waals surface area contributed by atoms with Crippen LogP contribution >= 0.6 is 0 Å². The summed E-state index contributed by atoms with van der Waals surface area (Å²) in [7, 11) is 0. The Hall–Kier alpha value is -1.32. The van der Waals surface area contributed by atoms with Crippen LogP contribution in [0.5, 0.6) is 0 Å². The van der Waals surface area contributed by atoms with E-state index in [1.54, 1.807) is 25.4 Å². The molecule has 0 aliphatic heterocycles. The lowest BCUT2D eigenvalue weighted by Crippen LogP contribution is -2.06. The van der Waals surface area contributed by atoms with E-state index < -0.39 is 0 Å².